The zero-order chi connectivity index (χ0) is 42.5. The molecule has 61 heavy (non-hydrogen) atoms. The average molecular weight is 934 g/mol. The molecule has 4 aromatic carbocycles. The van der Waals surface area contributed by atoms with Crippen molar-refractivity contribution in [2.45, 2.75) is 13.1 Å². The zero-order valence-electron chi connectivity index (χ0n) is 31.9. The number of aldehydes is 1. The smallest absolute Gasteiger partial charge is 0.226 e. The maximum Gasteiger partial charge on any atom is 0.226 e. The van der Waals surface area contributed by atoms with Gasteiger partial charge >= 0.3 is 0 Å². The second kappa shape index (κ2) is 18.0. The number of oxazole rings is 1. The zero-order valence-corrected chi connectivity index (χ0v) is 35.1. The van der Waals surface area contributed by atoms with Crippen molar-refractivity contribution in [1.29, 1.82) is 0 Å². The van der Waals surface area contributed by atoms with E-state index in [9.17, 15) is 24.0 Å². The monoisotopic (exact) mass is 931 g/mol. The van der Waals surface area contributed by atoms with Crippen molar-refractivity contribution in [2.75, 3.05) is 0 Å². The number of nitrogens with zero attached hydrogens (tertiary/aromatic N) is 5. The highest BCUT2D eigenvalue weighted by molar-refractivity contribution is 9.10. The number of hydrogen-bond acceptors (Lipinski definition) is 9. The summed E-state index contributed by atoms with van der Waals surface area (Å²) in [6, 6.07) is 39.1. The second-order valence-corrected chi connectivity index (χ2v) is 15.3. The standard InChI is InChI=1S/C25H16BrN3O3.C23H15BrN2O3/c26-22-11-5-6-16(28-22)14-29-15-20(24(31)19-9-3-4-10-21(19)29)23(30)17-7-1-2-8-18(17)25-27-12-13-32-25;24-21-11-5-7-16(25-21)12-26-13-19(23(29)18-9-3-4-10-20(18)26)22(28)17-8-2-1-6-15(17)14-27/h1-13,15H,14H2;1-11,13-14H,12H2. The number of hydrogen-bond donors (Lipinski definition) is 0. The van der Waals surface area contributed by atoms with E-state index in [1.54, 1.807) is 85.2 Å². The number of fused-ring (bicyclic) bond motifs is 2. The highest BCUT2D eigenvalue weighted by Gasteiger charge is 2.22. The number of carbonyl (C=O) groups is 3. The Bertz CT molecular complexity index is 3250. The highest BCUT2D eigenvalue weighted by atomic mass is 79.9. The Morgan fingerprint density at radius 2 is 1.07 bits per heavy atom. The van der Waals surface area contributed by atoms with E-state index < -0.39 is 5.78 Å². The van der Waals surface area contributed by atoms with Crippen LogP contribution < -0.4 is 10.9 Å². The van der Waals surface area contributed by atoms with Crippen molar-refractivity contribution in [3.05, 3.63) is 227 Å². The van der Waals surface area contributed by atoms with Crippen molar-refractivity contribution < 1.29 is 18.8 Å². The van der Waals surface area contributed by atoms with Gasteiger partial charge in [-0.2, -0.15) is 0 Å². The van der Waals surface area contributed by atoms with Crippen molar-refractivity contribution in [3.63, 3.8) is 0 Å². The number of para-hydroxylation sites is 2. The molecule has 0 aliphatic rings. The third-order valence-electron chi connectivity index (χ3n) is 9.84. The predicted octanol–water partition coefficient (Wildman–Crippen LogP) is 9.34. The normalized spacial score (nSPS) is 10.9. The lowest BCUT2D eigenvalue weighted by Gasteiger charge is -2.14. The molecule has 9 rings (SSSR count). The Kier molecular flexibility index (Phi) is 11.9. The number of benzene rings is 4. The van der Waals surface area contributed by atoms with Gasteiger partial charge in [-0.25, -0.2) is 15.0 Å². The van der Waals surface area contributed by atoms with Gasteiger partial charge in [0.2, 0.25) is 16.7 Å². The summed E-state index contributed by atoms with van der Waals surface area (Å²) in [5, 5.41) is 0.916. The van der Waals surface area contributed by atoms with Crippen molar-refractivity contribution in [3.8, 4) is 11.5 Å². The Balaban J connectivity index is 0.000000169. The molecule has 0 spiro atoms. The fraction of sp³-hybridized carbons (Fsp3) is 0.0417. The number of ketones is 2. The maximum absolute atomic E-state index is 13.6. The number of aromatic nitrogens is 5. The van der Waals surface area contributed by atoms with Crippen LogP contribution in [0.15, 0.2) is 182 Å². The molecule has 13 heteroatoms. The molecule has 0 unspecified atom stereocenters. The van der Waals surface area contributed by atoms with Gasteiger partial charge in [0.05, 0.1) is 52.8 Å². The molecule has 0 atom stereocenters. The third-order valence-corrected chi connectivity index (χ3v) is 10.7. The largest absolute Gasteiger partial charge is 0.445 e. The lowest BCUT2D eigenvalue weighted by molar-refractivity contribution is 0.102. The minimum absolute atomic E-state index is 0.0213. The van der Waals surface area contributed by atoms with Crippen LogP contribution in [0.4, 0.5) is 0 Å². The summed E-state index contributed by atoms with van der Waals surface area (Å²) in [6.45, 7) is 0.789. The molecule has 0 aliphatic heterocycles. The molecule has 0 N–H and O–H groups in total. The van der Waals surface area contributed by atoms with Crippen LogP contribution in [0.25, 0.3) is 33.3 Å². The van der Waals surface area contributed by atoms with Gasteiger partial charge in [0, 0.05) is 45.4 Å². The van der Waals surface area contributed by atoms with Crippen molar-refractivity contribution in [1.82, 2.24) is 24.1 Å². The first-order valence-corrected chi connectivity index (χ1v) is 20.4. The van der Waals surface area contributed by atoms with Gasteiger partial charge in [0.15, 0.2) is 17.9 Å². The first-order valence-electron chi connectivity index (χ1n) is 18.8. The molecule has 0 amide bonds. The summed E-state index contributed by atoms with van der Waals surface area (Å²) >= 11 is 6.76. The lowest BCUT2D eigenvalue weighted by atomic mass is 9.97. The summed E-state index contributed by atoms with van der Waals surface area (Å²) < 4.78 is 10.5. The Morgan fingerprint density at radius 3 is 1.59 bits per heavy atom. The molecule has 5 heterocycles. The van der Waals surface area contributed by atoms with Gasteiger partial charge in [-0.05, 0) is 86.5 Å². The van der Waals surface area contributed by atoms with Gasteiger partial charge in [0.1, 0.15) is 15.5 Å². The Morgan fingerprint density at radius 1 is 0.574 bits per heavy atom. The summed E-state index contributed by atoms with van der Waals surface area (Å²) in [5.74, 6) is -0.529. The minimum atomic E-state index is -0.473. The molecule has 0 saturated carbocycles. The highest BCUT2D eigenvalue weighted by Crippen LogP contribution is 2.25. The van der Waals surface area contributed by atoms with Gasteiger partial charge < -0.3 is 13.6 Å². The van der Waals surface area contributed by atoms with Gasteiger partial charge in [-0.1, -0.05) is 78.9 Å². The third kappa shape index (κ3) is 8.60. The molecule has 5 aromatic heterocycles. The molecule has 298 valence electrons. The number of halogens is 2. The fourth-order valence-corrected chi connectivity index (χ4v) is 7.78. The van der Waals surface area contributed by atoms with E-state index in [2.05, 4.69) is 46.8 Å². The van der Waals surface area contributed by atoms with E-state index in [0.29, 0.717) is 57.3 Å². The predicted molar refractivity (Wildman–Crippen MR) is 239 cm³/mol. The summed E-state index contributed by atoms with van der Waals surface area (Å²) in [5.41, 5.74) is 3.81. The van der Waals surface area contributed by atoms with E-state index in [1.165, 1.54) is 12.5 Å². The van der Waals surface area contributed by atoms with Gasteiger partial charge in [-0.15, -0.1) is 0 Å². The molecule has 9 aromatic rings. The number of carbonyl (C=O) groups excluding carboxylic acids is 3. The van der Waals surface area contributed by atoms with Gasteiger partial charge in [0.25, 0.3) is 0 Å². The van der Waals surface area contributed by atoms with Crippen LogP contribution in [0.3, 0.4) is 0 Å². The van der Waals surface area contributed by atoms with Crippen LogP contribution in [-0.2, 0) is 13.1 Å². The van der Waals surface area contributed by atoms with Crippen LogP contribution in [0.5, 0.6) is 0 Å². The summed E-state index contributed by atoms with van der Waals surface area (Å²) in [7, 11) is 0. The molecular weight excluding hydrogens is 902 g/mol. The second-order valence-electron chi connectivity index (χ2n) is 13.7. The topological polar surface area (TPSA) is 147 Å². The van der Waals surface area contributed by atoms with Crippen LogP contribution in [0.2, 0.25) is 0 Å². The number of pyridine rings is 4. The fourth-order valence-electron chi connectivity index (χ4n) is 7.02. The molecule has 0 fully saturated rings. The molecule has 0 aliphatic carbocycles. The quantitative estimate of drug-likeness (QED) is 0.0744. The van der Waals surface area contributed by atoms with E-state index in [1.807, 2.05) is 69.8 Å². The Hall–Kier alpha value is -7.22. The maximum atomic E-state index is 13.6. The molecule has 0 saturated heterocycles. The van der Waals surface area contributed by atoms with Crippen molar-refractivity contribution >= 4 is 71.5 Å². The van der Waals surface area contributed by atoms with E-state index >= 15 is 0 Å². The van der Waals surface area contributed by atoms with Gasteiger partial charge in [-0.3, -0.25) is 24.0 Å². The first kappa shape index (κ1) is 40.6. The van der Waals surface area contributed by atoms with Crippen molar-refractivity contribution in [2.24, 2.45) is 0 Å². The summed E-state index contributed by atoms with van der Waals surface area (Å²) in [4.78, 5) is 77.5. The van der Waals surface area contributed by atoms with Crippen LogP contribution in [-0.4, -0.2) is 41.9 Å². The molecule has 11 nitrogen and oxygen atoms in total. The van der Waals surface area contributed by atoms with Crippen LogP contribution >= 0.6 is 31.9 Å². The number of rotatable bonds is 10. The lowest BCUT2D eigenvalue weighted by Crippen LogP contribution is -2.21. The van der Waals surface area contributed by atoms with E-state index in [0.717, 1.165) is 21.5 Å². The van der Waals surface area contributed by atoms with E-state index in [4.69, 9.17) is 4.42 Å². The minimum Gasteiger partial charge on any atom is -0.445 e. The first-order chi connectivity index (χ1) is 29.7. The molecular formula is C48H31Br2N5O6. The molecule has 0 bridgehead atoms. The van der Waals surface area contributed by atoms with E-state index in [-0.39, 0.29) is 38.9 Å². The average Bonchev–Trinajstić information content (AvgIpc) is 3.84. The van der Waals surface area contributed by atoms with Crippen LogP contribution in [0.1, 0.15) is 53.6 Å². The molecule has 0 radical (unpaired) electrons. The Labute approximate surface area is 364 Å². The SMILES string of the molecule is O=C(c1ccccc1-c1ncco1)c1cn(Cc2cccc(Br)n2)c2ccccc2c1=O.O=Cc1ccccc1C(=O)c1cn(Cc2cccc(Br)n2)c2ccccc2c1=O. The summed E-state index contributed by atoms with van der Waals surface area (Å²) in [6.07, 6.45) is 6.76. The van der Waals surface area contributed by atoms with Crippen LogP contribution in [0, 0.1) is 0 Å².